The number of ether oxygens (including phenoxy) is 1. The van der Waals surface area contributed by atoms with E-state index < -0.39 is 0 Å². The predicted molar refractivity (Wildman–Crippen MR) is 120 cm³/mol. The Morgan fingerprint density at radius 2 is 1.83 bits per heavy atom. The normalized spacial score (nSPS) is 15.5. The fourth-order valence-electron chi connectivity index (χ4n) is 4.48. The van der Waals surface area contributed by atoms with Gasteiger partial charge in [-0.25, -0.2) is 0 Å². The van der Waals surface area contributed by atoms with Crippen LogP contribution >= 0.6 is 0 Å². The molecule has 2 aromatic heterocycles. The van der Waals surface area contributed by atoms with E-state index in [2.05, 4.69) is 48.1 Å². The molecule has 0 unspecified atom stereocenters. The molecule has 0 N–H and O–H groups in total. The van der Waals surface area contributed by atoms with E-state index in [1.807, 2.05) is 30.1 Å². The summed E-state index contributed by atoms with van der Waals surface area (Å²) in [5.74, 6) is 1.49. The van der Waals surface area contributed by atoms with Crippen LogP contribution in [0.25, 0.3) is 0 Å². The number of para-hydroxylation sites is 1. The molecule has 5 nitrogen and oxygen atoms in total. The lowest BCUT2D eigenvalue weighted by Gasteiger charge is -2.32. The maximum absolute atomic E-state index is 5.54. The van der Waals surface area contributed by atoms with Gasteiger partial charge >= 0.3 is 0 Å². The summed E-state index contributed by atoms with van der Waals surface area (Å²) in [6.45, 7) is 7.46. The minimum absolute atomic E-state index is 0.535. The third kappa shape index (κ3) is 4.57. The highest BCUT2D eigenvalue weighted by molar-refractivity contribution is 5.38. The van der Waals surface area contributed by atoms with Crippen LogP contribution in [0.15, 0.2) is 42.6 Å². The molecule has 0 spiro atoms. The van der Waals surface area contributed by atoms with Crippen LogP contribution < -0.4 is 4.74 Å². The highest BCUT2D eigenvalue weighted by Gasteiger charge is 2.23. The highest BCUT2D eigenvalue weighted by Crippen LogP contribution is 2.30. The van der Waals surface area contributed by atoms with Crippen molar-refractivity contribution in [1.29, 1.82) is 0 Å². The molecule has 0 saturated carbocycles. The van der Waals surface area contributed by atoms with Gasteiger partial charge in [-0.1, -0.05) is 18.2 Å². The molecule has 1 aromatic carbocycles. The van der Waals surface area contributed by atoms with Crippen LogP contribution in [-0.2, 0) is 20.0 Å². The standard InChI is InChI=1S/C25H32N4O/c1-18-13-20(14-22-7-5-6-8-25(22)30-4)15-24(27-18)21-9-11-29(12-10-21)17-23-16-26-28(3)19(23)2/h5-8,13,15-16,21H,9-12,14,17H2,1-4H3. The van der Waals surface area contributed by atoms with Crippen LogP contribution in [0, 0.1) is 13.8 Å². The average Bonchev–Trinajstić information content (AvgIpc) is 3.06. The monoisotopic (exact) mass is 404 g/mol. The molecule has 1 fully saturated rings. The molecular formula is C25H32N4O. The summed E-state index contributed by atoms with van der Waals surface area (Å²) < 4.78 is 7.50. The summed E-state index contributed by atoms with van der Waals surface area (Å²) in [6.07, 6.45) is 5.20. The molecule has 1 aliphatic heterocycles. The zero-order valence-corrected chi connectivity index (χ0v) is 18.6. The van der Waals surface area contributed by atoms with Crippen LogP contribution in [0.1, 0.15) is 52.5 Å². The fraction of sp³-hybridized carbons (Fsp3) is 0.440. The quantitative estimate of drug-likeness (QED) is 0.610. The lowest BCUT2D eigenvalue weighted by Crippen LogP contribution is -2.32. The molecule has 0 bridgehead atoms. The Balaban J connectivity index is 1.43. The van der Waals surface area contributed by atoms with Gasteiger partial charge < -0.3 is 4.74 Å². The predicted octanol–water partition coefficient (Wildman–Crippen LogP) is 4.41. The second-order valence-electron chi connectivity index (χ2n) is 8.46. The molecule has 3 heterocycles. The molecule has 1 aliphatic rings. The molecule has 3 aromatic rings. The Labute approximate surface area is 179 Å². The van der Waals surface area contributed by atoms with Crippen LogP contribution in [0.5, 0.6) is 5.75 Å². The van der Waals surface area contributed by atoms with Crippen LogP contribution in [-0.4, -0.2) is 39.9 Å². The van der Waals surface area contributed by atoms with Crippen molar-refractivity contribution in [2.75, 3.05) is 20.2 Å². The van der Waals surface area contributed by atoms with E-state index in [4.69, 9.17) is 9.72 Å². The summed E-state index contributed by atoms with van der Waals surface area (Å²) in [4.78, 5) is 7.45. The number of aromatic nitrogens is 3. The van der Waals surface area contributed by atoms with Crippen molar-refractivity contribution in [3.05, 3.63) is 76.4 Å². The van der Waals surface area contributed by atoms with E-state index in [9.17, 15) is 0 Å². The second-order valence-corrected chi connectivity index (χ2v) is 8.46. The SMILES string of the molecule is COc1ccccc1Cc1cc(C)nc(C2CCN(Cc3cnn(C)c3C)CC2)c1. The molecule has 30 heavy (non-hydrogen) atoms. The van der Waals surface area contributed by atoms with Gasteiger partial charge in [0, 0.05) is 48.6 Å². The van der Waals surface area contributed by atoms with Crippen molar-refractivity contribution in [2.45, 2.75) is 45.6 Å². The van der Waals surface area contributed by atoms with Crippen LogP contribution in [0.3, 0.4) is 0 Å². The molecule has 0 aliphatic carbocycles. The van der Waals surface area contributed by atoms with Crippen molar-refractivity contribution in [1.82, 2.24) is 19.7 Å². The first-order chi connectivity index (χ1) is 14.5. The summed E-state index contributed by atoms with van der Waals surface area (Å²) in [6, 6.07) is 12.8. The number of pyridine rings is 1. The van der Waals surface area contributed by atoms with E-state index in [-0.39, 0.29) is 0 Å². The van der Waals surface area contributed by atoms with E-state index in [0.29, 0.717) is 5.92 Å². The second kappa shape index (κ2) is 9.00. The third-order valence-electron chi connectivity index (χ3n) is 6.36. The number of piperidine rings is 1. The summed E-state index contributed by atoms with van der Waals surface area (Å²) >= 11 is 0. The molecule has 0 atom stereocenters. The number of nitrogens with zero attached hydrogens (tertiary/aromatic N) is 4. The first-order valence-corrected chi connectivity index (χ1v) is 10.8. The Morgan fingerprint density at radius 3 is 2.53 bits per heavy atom. The van der Waals surface area contributed by atoms with Crippen molar-refractivity contribution < 1.29 is 4.74 Å². The number of aryl methyl sites for hydroxylation is 2. The summed E-state index contributed by atoms with van der Waals surface area (Å²) in [5, 5.41) is 4.38. The topological polar surface area (TPSA) is 43.2 Å². The summed E-state index contributed by atoms with van der Waals surface area (Å²) in [5.41, 5.74) is 7.48. The highest BCUT2D eigenvalue weighted by atomic mass is 16.5. The molecule has 4 rings (SSSR count). The fourth-order valence-corrected chi connectivity index (χ4v) is 4.48. The zero-order chi connectivity index (χ0) is 21.1. The number of hydrogen-bond acceptors (Lipinski definition) is 4. The van der Waals surface area contributed by atoms with E-state index >= 15 is 0 Å². The van der Waals surface area contributed by atoms with Crippen LogP contribution in [0.2, 0.25) is 0 Å². The van der Waals surface area contributed by atoms with E-state index in [0.717, 1.165) is 50.3 Å². The van der Waals surface area contributed by atoms with Gasteiger partial charge in [0.1, 0.15) is 5.75 Å². The maximum atomic E-state index is 5.54. The molecular weight excluding hydrogens is 372 g/mol. The van der Waals surface area contributed by atoms with Crippen LogP contribution in [0.4, 0.5) is 0 Å². The van der Waals surface area contributed by atoms with Gasteiger partial charge in [-0.15, -0.1) is 0 Å². The van der Waals surface area contributed by atoms with Gasteiger partial charge in [0.05, 0.1) is 13.3 Å². The Morgan fingerprint density at radius 1 is 1.07 bits per heavy atom. The van der Waals surface area contributed by atoms with Crippen molar-refractivity contribution >= 4 is 0 Å². The molecule has 1 saturated heterocycles. The number of benzene rings is 1. The number of rotatable bonds is 6. The minimum Gasteiger partial charge on any atom is -0.496 e. The minimum atomic E-state index is 0.535. The lowest BCUT2D eigenvalue weighted by atomic mass is 9.91. The van der Waals surface area contributed by atoms with Gasteiger partial charge in [-0.3, -0.25) is 14.6 Å². The van der Waals surface area contributed by atoms with E-state index in [1.165, 1.54) is 28.1 Å². The molecule has 5 heteroatoms. The lowest BCUT2D eigenvalue weighted by molar-refractivity contribution is 0.203. The number of methoxy groups -OCH3 is 1. The van der Waals surface area contributed by atoms with E-state index in [1.54, 1.807) is 7.11 Å². The zero-order valence-electron chi connectivity index (χ0n) is 18.6. The largest absolute Gasteiger partial charge is 0.496 e. The summed E-state index contributed by atoms with van der Waals surface area (Å²) in [7, 11) is 3.75. The molecule has 0 amide bonds. The van der Waals surface area contributed by atoms with Gasteiger partial charge in [0.25, 0.3) is 0 Å². The maximum Gasteiger partial charge on any atom is 0.122 e. The van der Waals surface area contributed by atoms with Gasteiger partial charge in [0.2, 0.25) is 0 Å². The Bertz CT molecular complexity index is 1000. The van der Waals surface area contributed by atoms with Gasteiger partial charge in [0.15, 0.2) is 0 Å². The van der Waals surface area contributed by atoms with Gasteiger partial charge in [-0.05, 0) is 69.1 Å². The number of hydrogen-bond donors (Lipinski definition) is 0. The molecule has 0 radical (unpaired) electrons. The van der Waals surface area contributed by atoms with Crippen molar-refractivity contribution in [3.63, 3.8) is 0 Å². The van der Waals surface area contributed by atoms with Crippen molar-refractivity contribution in [3.8, 4) is 5.75 Å². The third-order valence-corrected chi connectivity index (χ3v) is 6.36. The Hall–Kier alpha value is -2.66. The van der Waals surface area contributed by atoms with Crippen molar-refractivity contribution in [2.24, 2.45) is 7.05 Å². The number of likely N-dealkylation sites (tertiary alicyclic amines) is 1. The Kier molecular flexibility index (Phi) is 6.18. The van der Waals surface area contributed by atoms with Gasteiger partial charge in [-0.2, -0.15) is 5.10 Å². The molecule has 158 valence electrons. The first kappa shape index (κ1) is 20.6. The first-order valence-electron chi connectivity index (χ1n) is 10.8. The average molecular weight is 405 g/mol. The smallest absolute Gasteiger partial charge is 0.122 e.